The first kappa shape index (κ1) is 18.9. The Bertz CT molecular complexity index is 935. The highest BCUT2D eigenvalue weighted by Crippen LogP contribution is 2.34. The van der Waals surface area contributed by atoms with Gasteiger partial charge in [-0.15, -0.1) is 0 Å². The van der Waals surface area contributed by atoms with E-state index >= 15 is 0 Å². The molecule has 1 aromatic carbocycles. The van der Waals surface area contributed by atoms with Crippen molar-refractivity contribution in [2.45, 2.75) is 13.0 Å². The minimum absolute atomic E-state index is 0.0383. The van der Waals surface area contributed by atoms with Gasteiger partial charge in [0.05, 0.1) is 22.0 Å². The summed E-state index contributed by atoms with van der Waals surface area (Å²) in [6.07, 6.45) is 7.25. The van der Waals surface area contributed by atoms with Crippen LogP contribution in [0.3, 0.4) is 0 Å². The van der Waals surface area contributed by atoms with E-state index in [-0.39, 0.29) is 17.3 Å². The van der Waals surface area contributed by atoms with Crippen LogP contribution in [-0.2, 0) is 6.54 Å². The molecule has 0 aliphatic carbocycles. The fourth-order valence-corrected chi connectivity index (χ4v) is 2.83. The summed E-state index contributed by atoms with van der Waals surface area (Å²) < 4.78 is 1.92. The van der Waals surface area contributed by atoms with Crippen molar-refractivity contribution in [1.82, 2.24) is 19.5 Å². The first-order valence-electron chi connectivity index (χ1n) is 7.95. The van der Waals surface area contributed by atoms with Gasteiger partial charge in [0.2, 0.25) is 11.6 Å². The predicted molar refractivity (Wildman–Crippen MR) is 104 cm³/mol. The Labute approximate surface area is 164 Å². The molecule has 2 aromatic heterocycles. The van der Waals surface area contributed by atoms with Gasteiger partial charge in [0.25, 0.3) is 0 Å². The van der Waals surface area contributed by atoms with Crippen LogP contribution in [0.15, 0.2) is 43.2 Å². The van der Waals surface area contributed by atoms with E-state index in [9.17, 15) is 10.1 Å². The Morgan fingerprint density at radius 1 is 1.22 bits per heavy atom. The molecule has 2 N–H and O–H groups in total. The van der Waals surface area contributed by atoms with Gasteiger partial charge in [-0.3, -0.25) is 10.1 Å². The average molecular weight is 408 g/mol. The summed E-state index contributed by atoms with van der Waals surface area (Å²) in [6.45, 7) is 1.23. The molecule has 27 heavy (non-hydrogen) atoms. The fourth-order valence-electron chi connectivity index (χ4n) is 2.38. The second kappa shape index (κ2) is 8.65. The molecule has 0 saturated carbocycles. The number of anilines is 3. The summed E-state index contributed by atoms with van der Waals surface area (Å²) in [7, 11) is 0. The minimum Gasteiger partial charge on any atom is -0.364 e. The summed E-state index contributed by atoms with van der Waals surface area (Å²) in [5.41, 5.74) is 0.195. The minimum atomic E-state index is -0.537. The van der Waals surface area contributed by atoms with Gasteiger partial charge in [-0.2, -0.15) is 0 Å². The molecule has 0 bridgehead atoms. The Kier molecular flexibility index (Phi) is 6.05. The zero-order chi connectivity index (χ0) is 19.2. The van der Waals surface area contributed by atoms with E-state index < -0.39 is 4.92 Å². The Balaban J connectivity index is 1.74. The van der Waals surface area contributed by atoms with Crippen LogP contribution in [0.2, 0.25) is 10.0 Å². The zero-order valence-electron chi connectivity index (χ0n) is 14.0. The van der Waals surface area contributed by atoms with Crippen LogP contribution in [0.1, 0.15) is 6.42 Å². The Hall–Kier alpha value is -2.91. The van der Waals surface area contributed by atoms with E-state index in [0.29, 0.717) is 22.3 Å². The molecule has 0 saturated heterocycles. The number of halogens is 2. The van der Waals surface area contributed by atoms with E-state index in [1.54, 1.807) is 24.7 Å². The summed E-state index contributed by atoms with van der Waals surface area (Å²) in [5, 5.41) is 18.2. The highest BCUT2D eigenvalue weighted by atomic mass is 35.5. The van der Waals surface area contributed by atoms with Crippen molar-refractivity contribution >= 4 is 46.2 Å². The number of aromatic nitrogens is 4. The van der Waals surface area contributed by atoms with Crippen molar-refractivity contribution in [3.8, 4) is 0 Å². The quantitative estimate of drug-likeness (QED) is 0.327. The third-order valence-corrected chi connectivity index (χ3v) is 4.18. The van der Waals surface area contributed by atoms with Crippen molar-refractivity contribution < 1.29 is 4.92 Å². The van der Waals surface area contributed by atoms with Crippen LogP contribution in [-0.4, -0.2) is 31.0 Å². The molecule has 0 unspecified atom stereocenters. The van der Waals surface area contributed by atoms with Gasteiger partial charge in [0.1, 0.15) is 6.33 Å². The van der Waals surface area contributed by atoms with Gasteiger partial charge in [0, 0.05) is 30.5 Å². The Morgan fingerprint density at radius 3 is 2.74 bits per heavy atom. The molecule has 11 heteroatoms. The number of hydrogen-bond acceptors (Lipinski definition) is 7. The normalized spacial score (nSPS) is 10.6. The number of imidazole rings is 1. The van der Waals surface area contributed by atoms with Gasteiger partial charge in [-0.1, -0.05) is 23.2 Å². The number of hydrogen-bond donors (Lipinski definition) is 2. The van der Waals surface area contributed by atoms with Crippen molar-refractivity contribution in [3.05, 3.63) is 63.4 Å². The molecular weight excluding hydrogens is 393 g/mol. The van der Waals surface area contributed by atoms with E-state index in [1.165, 1.54) is 12.4 Å². The molecule has 0 atom stereocenters. The van der Waals surface area contributed by atoms with Gasteiger partial charge in [-0.05, 0) is 24.6 Å². The van der Waals surface area contributed by atoms with Crippen molar-refractivity contribution in [2.24, 2.45) is 0 Å². The monoisotopic (exact) mass is 407 g/mol. The first-order valence-corrected chi connectivity index (χ1v) is 8.71. The maximum atomic E-state index is 11.6. The molecule has 0 spiro atoms. The number of nitrogens with zero attached hydrogens (tertiary/aromatic N) is 5. The summed E-state index contributed by atoms with van der Waals surface area (Å²) >= 11 is 12.0. The molecule has 9 nitrogen and oxygen atoms in total. The zero-order valence-corrected chi connectivity index (χ0v) is 15.5. The third kappa shape index (κ3) is 4.83. The van der Waals surface area contributed by atoms with Crippen LogP contribution >= 0.6 is 23.2 Å². The van der Waals surface area contributed by atoms with E-state index in [0.717, 1.165) is 13.0 Å². The topological polar surface area (TPSA) is 111 Å². The van der Waals surface area contributed by atoms with Gasteiger partial charge in [-0.25, -0.2) is 15.0 Å². The number of aryl methyl sites for hydroxylation is 1. The lowest BCUT2D eigenvalue weighted by atomic mass is 10.3. The molecule has 0 aliphatic rings. The van der Waals surface area contributed by atoms with Crippen LogP contribution in [0, 0.1) is 10.1 Å². The van der Waals surface area contributed by atoms with Gasteiger partial charge >= 0.3 is 5.69 Å². The molecule has 0 amide bonds. The predicted octanol–water partition coefficient (Wildman–Crippen LogP) is 4.13. The number of rotatable bonds is 8. The van der Waals surface area contributed by atoms with E-state index in [4.69, 9.17) is 23.2 Å². The van der Waals surface area contributed by atoms with Crippen LogP contribution < -0.4 is 10.6 Å². The first-order chi connectivity index (χ1) is 13.0. The average Bonchev–Trinajstić information content (AvgIpc) is 3.14. The highest BCUT2D eigenvalue weighted by molar-refractivity contribution is 6.36. The second-order valence-electron chi connectivity index (χ2n) is 5.51. The number of nitrogens with one attached hydrogen (secondary N) is 2. The molecule has 0 aliphatic heterocycles. The lowest BCUT2D eigenvalue weighted by Crippen LogP contribution is -2.11. The van der Waals surface area contributed by atoms with Crippen LogP contribution in [0.4, 0.5) is 23.0 Å². The maximum absolute atomic E-state index is 11.6. The lowest BCUT2D eigenvalue weighted by Gasteiger charge is -2.11. The molecule has 0 radical (unpaired) electrons. The maximum Gasteiger partial charge on any atom is 0.353 e. The smallest absolute Gasteiger partial charge is 0.353 e. The standard InChI is InChI=1S/C16H15Cl2N7O2/c17-11-2-3-13(12(18)8-11)23-16-14(25(26)27)15(21-9-22-16)20-4-1-6-24-7-5-19-10-24/h2-3,5,7-10H,1,4,6H2,(H2,20,21,22,23). The van der Waals surface area contributed by atoms with E-state index in [2.05, 4.69) is 25.6 Å². The van der Waals surface area contributed by atoms with Crippen LogP contribution in [0.25, 0.3) is 0 Å². The van der Waals surface area contributed by atoms with Crippen molar-refractivity contribution in [2.75, 3.05) is 17.2 Å². The summed E-state index contributed by atoms with van der Waals surface area (Å²) in [5.74, 6) is 0.171. The van der Waals surface area contributed by atoms with Crippen molar-refractivity contribution in [3.63, 3.8) is 0 Å². The molecular formula is C16H15Cl2N7O2. The van der Waals surface area contributed by atoms with Gasteiger partial charge in [0.15, 0.2) is 0 Å². The SMILES string of the molecule is O=[N+]([O-])c1c(NCCCn2ccnc2)ncnc1Nc1ccc(Cl)cc1Cl. The molecule has 2 heterocycles. The van der Waals surface area contributed by atoms with Crippen molar-refractivity contribution in [1.29, 1.82) is 0 Å². The lowest BCUT2D eigenvalue weighted by molar-refractivity contribution is -0.383. The molecule has 3 rings (SSSR count). The second-order valence-corrected chi connectivity index (χ2v) is 6.35. The molecule has 140 valence electrons. The highest BCUT2D eigenvalue weighted by Gasteiger charge is 2.23. The van der Waals surface area contributed by atoms with Crippen LogP contribution in [0.5, 0.6) is 0 Å². The summed E-state index contributed by atoms with van der Waals surface area (Å²) in [4.78, 5) is 23.0. The summed E-state index contributed by atoms with van der Waals surface area (Å²) in [6, 6.07) is 4.78. The third-order valence-electron chi connectivity index (χ3n) is 3.63. The largest absolute Gasteiger partial charge is 0.364 e. The number of nitro groups is 1. The van der Waals surface area contributed by atoms with E-state index in [1.807, 2.05) is 10.8 Å². The molecule has 0 fully saturated rings. The number of benzene rings is 1. The fraction of sp³-hybridized carbons (Fsp3) is 0.188. The van der Waals surface area contributed by atoms with Gasteiger partial charge < -0.3 is 15.2 Å². The molecule has 3 aromatic rings. The Morgan fingerprint density at radius 2 is 2.04 bits per heavy atom.